The largest absolute Gasteiger partial charge is 0.372 e. The Balaban J connectivity index is 1.64. The monoisotopic (exact) mass is 315 g/mol. The Kier molecular flexibility index (Phi) is 5.03. The summed E-state index contributed by atoms with van der Waals surface area (Å²) < 4.78 is 5.98. The zero-order valence-corrected chi connectivity index (χ0v) is 14.0. The van der Waals surface area contributed by atoms with Crippen molar-refractivity contribution in [1.82, 2.24) is 25.5 Å². The van der Waals surface area contributed by atoms with Gasteiger partial charge in [-0.1, -0.05) is 0 Å². The zero-order valence-electron chi connectivity index (χ0n) is 14.0. The highest BCUT2D eigenvalue weighted by Crippen LogP contribution is 2.32. The standard InChI is InChI=1S/C17H25N5O/c1-11(15-10-19-13(3)21-12(15)2)18-9-14-5-4-8-23-17(14)16-6-7-20-22-16/h6-7,10-11,14,17-18H,4-5,8-9H2,1-3H3,(H,20,22)/t11?,14-,17+/m0/s1. The van der Waals surface area contributed by atoms with Gasteiger partial charge in [0.1, 0.15) is 11.9 Å². The van der Waals surface area contributed by atoms with E-state index in [9.17, 15) is 0 Å². The van der Waals surface area contributed by atoms with Gasteiger partial charge in [0, 0.05) is 48.8 Å². The fourth-order valence-electron chi connectivity index (χ4n) is 3.28. The average molecular weight is 315 g/mol. The van der Waals surface area contributed by atoms with Crippen LogP contribution in [0.15, 0.2) is 18.5 Å². The molecule has 0 spiro atoms. The third-order valence-electron chi connectivity index (χ3n) is 4.56. The summed E-state index contributed by atoms with van der Waals surface area (Å²) in [7, 11) is 0. The molecule has 1 saturated heterocycles. The minimum Gasteiger partial charge on any atom is -0.372 e. The van der Waals surface area contributed by atoms with Crippen molar-refractivity contribution < 1.29 is 4.74 Å². The lowest BCUT2D eigenvalue weighted by molar-refractivity contribution is -0.0308. The summed E-state index contributed by atoms with van der Waals surface area (Å²) in [5, 5.41) is 10.7. The van der Waals surface area contributed by atoms with Crippen molar-refractivity contribution in [2.75, 3.05) is 13.2 Å². The average Bonchev–Trinajstić information content (AvgIpc) is 3.07. The van der Waals surface area contributed by atoms with Crippen LogP contribution in [-0.4, -0.2) is 33.3 Å². The zero-order chi connectivity index (χ0) is 16.2. The van der Waals surface area contributed by atoms with E-state index in [4.69, 9.17) is 4.74 Å². The number of H-pyrrole nitrogens is 1. The van der Waals surface area contributed by atoms with Gasteiger partial charge in [0.25, 0.3) is 0 Å². The molecule has 6 nitrogen and oxygen atoms in total. The SMILES string of the molecule is Cc1ncc(C(C)NC[C@@H]2CCCO[C@H]2c2ccn[nH]2)c(C)n1. The summed E-state index contributed by atoms with van der Waals surface area (Å²) in [5.41, 5.74) is 3.27. The van der Waals surface area contributed by atoms with E-state index >= 15 is 0 Å². The Morgan fingerprint density at radius 2 is 2.30 bits per heavy atom. The first kappa shape index (κ1) is 16.1. The molecular formula is C17H25N5O. The van der Waals surface area contributed by atoms with Gasteiger partial charge in [0.2, 0.25) is 0 Å². The number of aromatic nitrogens is 4. The van der Waals surface area contributed by atoms with Crippen LogP contribution < -0.4 is 5.32 Å². The van der Waals surface area contributed by atoms with Gasteiger partial charge < -0.3 is 10.1 Å². The summed E-state index contributed by atoms with van der Waals surface area (Å²) >= 11 is 0. The van der Waals surface area contributed by atoms with E-state index in [1.807, 2.05) is 26.1 Å². The fraction of sp³-hybridized carbons (Fsp3) is 0.588. The molecule has 3 rings (SSSR count). The molecule has 3 atom stereocenters. The van der Waals surface area contributed by atoms with Crippen molar-refractivity contribution in [3.8, 4) is 0 Å². The molecular weight excluding hydrogens is 290 g/mol. The Labute approximate surface area is 137 Å². The maximum Gasteiger partial charge on any atom is 0.125 e. The molecule has 6 heteroatoms. The number of ether oxygens (including phenoxy) is 1. The third-order valence-corrected chi connectivity index (χ3v) is 4.56. The summed E-state index contributed by atoms with van der Waals surface area (Å²) in [6.45, 7) is 7.84. The van der Waals surface area contributed by atoms with E-state index in [1.54, 1.807) is 6.20 Å². The van der Waals surface area contributed by atoms with E-state index in [2.05, 4.69) is 32.4 Å². The smallest absolute Gasteiger partial charge is 0.125 e. The number of nitrogens with one attached hydrogen (secondary N) is 2. The van der Waals surface area contributed by atoms with Crippen molar-refractivity contribution in [1.29, 1.82) is 0 Å². The van der Waals surface area contributed by atoms with Gasteiger partial charge in [-0.2, -0.15) is 5.10 Å². The molecule has 1 fully saturated rings. The number of hydrogen-bond acceptors (Lipinski definition) is 5. The van der Waals surface area contributed by atoms with Gasteiger partial charge in [-0.3, -0.25) is 5.10 Å². The van der Waals surface area contributed by atoms with Crippen molar-refractivity contribution in [2.24, 2.45) is 5.92 Å². The van der Waals surface area contributed by atoms with Crippen molar-refractivity contribution in [3.63, 3.8) is 0 Å². The van der Waals surface area contributed by atoms with Gasteiger partial charge in [-0.25, -0.2) is 9.97 Å². The Hall–Kier alpha value is -1.79. The highest BCUT2D eigenvalue weighted by molar-refractivity contribution is 5.19. The van der Waals surface area contributed by atoms with E-state index in [0.29, 0.717) is 5.92 Å². The van der Waals surface area contributed by atoms with Gasteiger partial charge >= 0.3 is 0 Å². The molecule has 0 bridgehead atoms. The van der Waals surface area contributed by atoms with Crippen molar-refractivity contribution >= 4 is 0 Å². The number of hydrogen-bond donors (Lipinski definition) is 2. The van der Waals surface area contributed by atoms with Gasteiger partial charge in [-0.15, -0.1) is 0 Å². The molecule has 1 unspecified atom stereocenters. The summed E-state index contributed by atoms with van der Waals surface area (Å²) in [4.78, 5) is 8.78. The van der Waals surface area contributed by atoms with Gasteiger partial charge in [0.05, 0.1) is 5.69 Å². The molecule has 0 aliphatic carbocycles. The highest BCUT2D eigenvalue weighted by Gasteiger charge is 2.28. The fourth-order valence-corrected chi connectivity index (χ4v) is 3.28. The van der Waals surface area contributed by atoms with Crippen molar-refractivity contribution in [2.45, 2.75) is 45.8 Å². The highest BCUT2D eigenvalue weighted by atomic mass is 16.5. The second-order valence-electron chi connectivity index (χ2n) is 6.29. The van der Waals surface area contributed by atoms with E-state index in [1.165, 1.54) is 0 Å². The predicted octanol–water partition coefficient (Wildman–Crippen LogP) is 2.64. The molecule has 1 aliphatic rings. The lowest BCUT2D eigenvalue weighted by Crippen LogP contribution is -2.33. The van der Waals surface area contributed by atoms with E-state index in [0.717, 1.165) is 48.8 Å². The summed E-state index contributed by atoms with van der Waals surface area (Å²) in [6, 6.07) is 2.23. The van der Waals surface area contributed by atoms with Crippen LogP contribution in [0, 0.1) is 19.8 Å². The normalized spacial score (nSPS) is 22.9. The first-order valence-electron chi connectivity index (χ1n) is 8.29. The Bertz CT molecular complexity index is 628. The molecule has 0 amide bonds. The lowest BCUT2D eigenvalue weighted by atomic mass is 9.91. The van der Waals surface area contributed by atoms with Crippen molar-refractivity contribution in [3.05, 3.63) is 41.2 Å². The quantitative estimate of drug-likeness (QED) is 0.887. The van der Waals surface area contributed by atoms with Crippen LogP contribution in [-0.2, 0) is 4.74 Å². The number of rotatable bonds is 5. The molecule has 2 aromatic rings. The van der Waals surface area contributed by atoms with Crippen LogP contribution in [0.3, 0.4) is 0 Å². The minimum atomic E-state index is 0.0984. The molecule has 2 N–H and O–H groups in total. The second-order valence-corrected chi connectivity index (χ2v) is 6.29. The van der Waals surface area contributed by atoms with Crippen LogP contribution in [0.2, 0.25) is 0 Å². The second kappa shape index (κ2) is 7.19. The van der Waals surface area contributed by atoms with Crippen LogP contribution >= 0.6 is 0 Å². The Morgan fingerprint density at radius 3 is 3.04 bits per heavy atom. The molecule has 124 valence electrons. The van der Waals surface area contributed by atoms with E-state index in [-0.39, 0.29) is 12.1 Å². The lowest BCUT2D eigenvalue weighted by Gasteiger charge is -2.32. The number of nitrogens with zero attached hydrogens (tertiary/aromatic N) is 3. The summed E-state index contributed by atoms with van der Waals surface area (Å²) in [6.07, 6.45) is 6.08. The Morgan fingerprint density at radius 1 is 1.43 bits per heavy atom. The summed E-state index contributed by atoms with van der Waals surface area (Å²) in [5.74, 6) is 1.26. The van der Waals surface area contributed by atoms with Crippen LogP contribution in [0.5, 0.6) is 0 Å². The number of aromatic amines is 1. The molecule has 2 aromatic heterocycles. The molecule has 3 heterocycles. The van der Waals surface area contributed by atoms with Crippen LogP contribution in [0.4, 0.5) is 0 Å². The van der Waals surface area contributed by atoms with E-state index < -0.39 is 0 Å². The maximum atomic E-state index is 5.98. The van der Waals surface area contributed by atoms with Crippen LogP contribution in [0.25, 0.3) is 0 Å². The molecule has 0 aromatic carbocycles. The predicted molar refractivity (Wildman–Crippen MR) is 87.9 cm³/mol. The number of aryl methyl sites for hydroxylation is 2. The first-order valence-corrected chi connectivity index (χ1v) is 8.29. The minimum absolute atomic E-state index is 0.0984. The third kappa shape index (κ3) is 3.76. The first-order chi connectivity index (χ1) is 11.1. The van der Waals surface area contributed by atoms with Gasteiger partial charge in [-0.05, 0) is 39.7 Å². The van der Waals surface area contributed by atoms with Crippen LogP contribution in [0.1, 0.15) is 54.7 Å². The molecule has 0 radical (unpaired) electrons. The molecule has 23 heavy (non-hydrogen) atoms. The topological polar surface area (TPSA) is 75.7 Å². The van der Waals surface area contributed by atoms with Gasteiger partial charge in [0.15, 0.2) is 0 Å². The molecule has 1 aliphatic heterocycles. The maximum absolute atomic E-state index is 5.98. The molecule has 0 saturated carbocycles.